The Kier molecular flexibility index (Phi) is 6.37. The molecule has 1 saturated heterocycles. The van der Waals surface area contributed by atoms with Gasteiger partial charge in [-0.2, -0.15) is 0 Å². The molecule has 2 rings (SSSR count). The maximum absolute atomic E-state index is 12.9. The van der Waals surface area contributed by atoms with Crippen LogP contribution in [0, 0.1) is 16.0 Å². The maximum atomic E-state index is 12.9. The first-order valence-electron chi connectivity index (χ1n) is 8.29. The Bertz CT molecular complexity index is 705. The normalized spacial score (nSPS) is 16.7. The average molecular weight is 366 g/mol. The first kappa shape index (κ1) is 19.5. The second kappa shape index (κ2) is 8.50. The van der Waals surface area contributed by atoms with E-state index in [1.165, 1.54) is 31.3 Å². The monoisotopic (exact) mass is 366 g/mol. The predicted molar refractivity (Wildman–Crippen MR) is 91.5 cm³/mol. The Morgan fingerprint density at radius 2 is 1.92 bits per heavy atom. The number of likely N-dealkylation sites (tertiary alicyclic amines) is 1. The average Bonchev–Trinajstić information content (AvgIpc) is 2.66. The van der Waals surface area contributed by atoms with Gasteiger partial charge in [-0.3, -0.25) is 19.7 Å². The zero-order valence-electron chi connectivity index (χ0n) is 15.0. The van der Waals surface area contributed by atoms with Gasteiger partial charge in [0, 0.05) is 19.2 Å². The summed E-state index contributed by atoms with van der Waals surface area (Å²) in [5.41, 5.74) is -0.469. The van der Waals surface area contributed by atoms with Crippen molar-refractivity contribution in [2.45, 2.75) is 19.8 Å². The van der Waals surface area contributed by atoms with Crippen LogP contribution in [0.15, 0.2) is 12.1 Å². The van der Waals surface area contributed by atoms with Gasteiger partial charge in [0.05, 0.1) is 37.7 Å². The largest absolute Gasteiger partial charge is 0.493 e. The standard InChI is InChI=1S/C17H22N2O7/c1-4-26-17(21)11-6-5-7-18(10-11)16(20)12-8-14(24-2)15(25-3)9-13(12)19(22)23/h8-9,11H,4-7,10H2,1-3H3/t11-/m1/s1. The van der Waals surface area contributed by atoms with E-state index >= 15 is 0 Å². The Labute approximate surface area is 151 Å². The minimum atomic E-state index is -0.637. The quantitative estimate of drug-likeness (QED) is 0.430. The molecule has 1 amide bonds. The zero-order chi connectivity index (χ0) is 19.3. The van der Waals surface area contributed by atoms with Crippen molar-refractivity contribution in [2.75, 3.05) is 33.9 Å². The van der Waals surface area contributed by atoms with Crippen LogP contribution in [0.5, 0.6) is 11.5 Å². The molecule has 1 atom stereocenters. The SMILES string of the molecule is CCOC(=O)[C@@H]1CCCN(C(=O)c2cc(OC)c(OC)cc2[N+](=O)[O-])C1. The zero-order valence-corrected chi connectivity index (χ0v) is 15.0. The van der Waals surface area contributed by atoms with Crippen molar-refractivity contribution >= 4 is 17.6 Å². The number of nitrogens with zero attached hydrogens (tertiary/aromatic N) is 2. The van der Waals surface area contributed by atoms with Gasteiger partial charge in [0.2, 0.25) is 0 Å². The summed E-state index contributed by atoms with van der Waals surface area (Å²) in [6, 6.07) is 2.46. The van der Waals surface area contributed by atoms with Crippen LogP contribution in [0.2, 0.25) is 0 Å². The molecule has 26 heavy (non-hydrogen) atoms. The number of hydrogen-bond donors (Lipinski definition) is 0. The fraction of sp³-hybridized carbons (Fsp3) is 0.529. The van der Waals surface area contributed by atoms with Gasteiger partial charge < -0.3 is 19.1 Å². The summed E-state index contributed by atoms with van der Waals surface area (Å²) in [5.74, 6) is -0.912. The van der Waals surface area contributed by atoms with Gasteiger partial charge >= 0.3 is 5.97 Å². The molecule has 0 saturated carbocycles. The molecule has 1 aliphatic rings. The Morgan fingerprint density at radius 1 is 1.27 bits per heavy atom. The fourth-order valence-electron chi connectivity index (χ4n) is 2.98. The second-order valence-electron chi connectivity index (χ2n) is 5.82. The van der Waals surface area contributed by atoms with Crippen LogP contribution in [-0.4, -0.2) is 55.6 Å². The molecule has 0 aromatic heterocycles. The first-order valence-corrected chi connectivity index (χ1v) is 8.29. The number of rotatable bonds is 6. The summed E-state index contributed by atoms with van der Waals surface area (Å²) in [6.07, 6.45) is 1.24. The number of methoxy groups -OCH3 is 2. The molecule has 1 aromatic rings. The number of carbonyl (C=O) groups is 2. The molecule has 0 aliphatic carbocycles. The molecular formula is C17H22N2O7. The number of ether oxygens (including phenoxy) is 3. The lowest BCUT2D eigenvalue weighted by atomic mass is 9.97. The Balaban J connectivity index is 2.33. The molecule has 0 radical (unpaired) electrons. The number of nitro benzene ring substituents is 1. The summed E-state index contributed by atoms with van der Waals surface area (Å²) in [4.78, 5) is 37.1. The smallest absolute Gasteiger partial charge is 0.310 e. The summed E-state index contributed by atoms with van der Waals surface area (Å²) in [7, 11) is 2.74. The molecule has 9 heteroatoms. The summed E-state index contributed by atoms with van der Waals surface area (Å²) >= 11 is 0. The highest BCUT2D eigenvalue weighted by Crippen LogP contribution is 2.35. The third-order valence-corrected chi connectivity index (χ3v) is 4.26. The molecule has 0 bridgehead atoms. The third kappa shape index (κ3) is 4.04. The van der Waals surface area contributed by atoms with Crippen molar-refractivity contribution in [1.82, 2.24) is 4.90 Å². The maximum Gasteiger partial charge on any atom is 0.310 e. The molecule has 142 valence electrons. The van der Waals surface area contributed by atoms with E-state index < -0.39 is 16.7 Å². The molecule has 0 N–H and O–H groups in total. The van der Waals surface area contributed by atoms with Gasteiger partial charge in [-0.15, -0.1) is 0 Å². The molecule has 0 spiro atoms. The van der Waals surface area contributed by atoms with Gasteiger partial charge in [-0.05, 0) is 19.8 Å². The van der Waals surface area contributed by atoms with Crippen LogP contribution in [0.1, 0.15) is 30.1 Å². The lowest BCUT2D eigenvalue weighted by molar-refractivity contribution is -0.385. The molecule has 1 heterocycles. The molecular weight excluding hydrogens is 344 g/mol. The van der Waals surface area contributed by atoms with Crippen molar-refractivity contribution in [1.29, 1.82) is 0 Å². The highest BCUT2D eigenvalue weighted by Gasteiger charge is 2.33. The van der Waals surface area contributed by atoms with Crippen molar-refractivity contribution in [3.05, 3.63) is 27.8 Å². The fourth-order valence-corrected chi connectivity index (χ4v) is 2.98. The topological polar surface area (TPSA) is 108 Å². The van der Waals surface area contributed by atoms with E-state index in [4.69, 9.17) is 14.2 Å². The summed E-state index contributed by atoms with van der Waals surface area (Å²) < 4.78 is 15.2. The van der Waals surface area contributed by atoms with Gasteiger partial charge in [0.15, 0.2) is 11.5 Å². The lowest BCUT2D eigenvalue weighted by Gasteiger charge is -2.31. The first-order chi connectivity index (χ1) is 12.4. The van der Waals surface area contributed by atoms with E-state index in [2.05, 4.69) is 0 Å². The van der Waals surface area contributed by atoms with Gasteiger partial charge in [0.1, 0.15) is 5.56 Å². The number of carbonyl (C=O) groups excluding carboxylic acids is 2. The van der Waals surface area contributed by atoms with Gasteiger partial charge in [0.25, 0.3) is 11.6 Å². The van der Waals surface area contributed by atoms with E-state index in [0.29, 0.717) is 19.4 Å². The minimum Gasteiger partial charge on any atom is -0.493 e. The molecule has 1 aromatic carbocycles. The second-order valence-corrected chi connectivity index (χ2v) is 5.82. The van der Waals surface area contributed by atoms with E-state index in [0.717, 1.165) is 0 Å². The van der Waals surface area contributed by atoms with Crippen LogP contribution < -0.4 is 9.47 Å². The van der Waals surface area contributed by atoms with E-state index in [-0.39, 0.29) is 41.9 Å². The van der Waals surface area contributed by atoms with Crippen LogP contribution in [0.25, 0.3) is 0 Å². The molecule has 0 unspecified atom stereocenters. The number of piperidine rings is 1. The number of nitro groups is 1. The highest BCUT2D eigenvalue weighted by atomic mass is 16.6. The third-order valence-electron chi connectivity index (χ3n) is 4.26. The van der Waals surface area contributed by atoms with Crippen LogP contribution in [-0.2, 0) is 9.53 Å². The Hall–Kier alpha value is -2.84. The van der Waals surface area contributed by atoms with Crippen LogP contribution in [0.3, 0.4) is 0 Å². The summed E-state index contributed by atoms with van der Waals surface area (Å²) in [6.45, 7) is 2.57. The van der Waals surface area contributed by atoms with E-state index in [1.807, 2.05) is 0 Å². The van der Waals surface area contributed by atoms with E-state index in [9.17, 15) is 19.7 Å². The summed E-state index contributed by atoms with van der Waals surface area (Å²) in [5, 5.41) is 11.4. The van der Waals surface area contributed by atoms with Crippen molar-refractivity contribution < 1.29 is 28.7 Å². The molecule has 9 nitrogen and oxygen atoms in total. The van der Waals surface area contributed by atoms with Crippen molar-refractivity contribution in [3.8, 4) is 11.5 Å². The molecule has 1 fully saturated rings. The minimum absolute atomic E-state index is 0.0999. The van der Waals surface area contributed by atoms with Crippen LogP contribution in [0.4, 0.5) is 5.69 Å². The molecule has 1 aliphatic heterocycles. The highest BCUT2D eigenvalue weighted by molar-refractivity contribution is 5.99. The number of hydrogen-bond acceptors (Lipinski definition) is 7. The van der Waals surface area contributed by atoms with E-state index in [1.54, 1.807) is 6.92 Å². The Morgan fingerprint density at radius 3 is 2.50 bits per heavy atom. The predicted octanol–water partition coefficient (Wildman–Crippen LogP) is 2.03. The van der Waals surface area contributed by atoms with Crippen molar-refractivity contribution in [2.24, 2.45) is 5.92 Å². The van der Waals surface area contributed by atoms with Gasteiger partial charge in [-0.25, -0.2) is 0 Å². The lowest BCUT2D eigenvalue weighted by Crippen LogP contribution is -2.43. The van der Waals surface area contributed by atoms with Crippen molar-refractivity contribution in [3.63, 3.8) is 0 Å². The number of benzene rings is 1. The number of esters is 1. The van der Waals surface area contributed by atoms with Gasteiger partial charge in [-0.1, -0.05) is 0 Å². The number of amides is 1. The van der Waals surface area contributed by atoms with Crippen LogP contribution >= 0.6 is 0 Å².